The summed E-state index contributed by atoms with van der Waals surface area (Å²) in [6.45, 7) is 1.96. The van der Waals surface area contributed by atoms with Gasteiger partial charge in [0.1, 0.15) is 5.15 Å². The van der Waals surface area contributed by atoms with Gasteiger partial charge in [-0.15, -0.1) is 0 Å². The molecule has 5 nitrogen and oxygen atoms in total. The average molecular weight is 312 g/mol. The largest absolute Gasteiger partial charge is 0.378 e. The number of pyridine rings is 1. The lowest BCUT2D eigenvalue weighted by Crippen LogP contribution is -2.12. The Bertz CT molecular complexity index is 702. The van der Waals surface area contributed by atoms with Crippen LogP contribution < -0.4 is 10.5 Å². The van der Waals surface area contributed by atoms with E-state index in [9.17, 15) is 8.42 Å². The second-order valence-electron chi connectivity index (χ2n) is 4.35. The summed E-state index contributed by atoms with van der Waals surface area (Å²) in [6.07, 6.45) is 1.61. The van der Waals surface area contributed by atoms with Gasteiger partial charge in [0.2, 0.25) is 10.0 Å². The molecule has 0 saturated carbocycles. The Balaban J connectivity index is 2.15. The van der Waals surface area contributed by atoms with Crippen LogP contribution in [-0.4, -0.2) is 13.4 Å². The molecule has 0 fully saturated rings. The third-order valence-electron chi connectivity index (χ3n) is 2.82. The van der Waals surface area contributed by atoms with Crippen molar-refractivity contribution in [1.82, 2.24) is 4.98 Å². The molecule has 0 amide bonds. The molecule has 2 rings (SSSR count). The van der Waals surface area contributed by atoms with E-state index in [0.29, 0.717) is 5.15 Å². The van der Waals surface area contributed by atoms with E-state index in [4.69, 9.17) is 16.7 Å². The fourth-order valence-electron chi connectivity index (χ4n) is 1.77. The Kier molecular flexibility index (Phi) is 4.27. The molecular weight excluding hydrogens is 298 g/mol. The SMILES string of the molecule is CC(Nc1ccnc(Cl)c1)c1ccc(S(N)(=O)=O)cc1. The zero-order chi connectivity index (χ0) is 14.8. The van der Waals surface area contributed by atoms with Gasteiger partial charge in [-0.3, -0.25) is 0 Å². The highest BCUT2D eigenvalue weighted by molar-refractivity contribution is 7.89. The minimum atomic E-state index is -3.66. The number of aromatic nitrogens is 1. The van der Waals surface area contributed by atoms with Crippen LogP contribution >= 0.6 is 11.6 Å². The van der Waals surface area contributed by atoms with Gasteiger partial charge in [0.15, 0.2) is 0 Å². The number of hydrogen-bond donors (Lipinski definition) is 2. The van der Waals surface area contributed by atoms with Crippen molar-refractivity contribution in [3.05, 3.63) is 53.3 Å². The van der Waals surface area contributed by atoms with Gasteiger partial charge in [0, 0.05) is 17.9 Å². The third kappa shape index (κ3) is 3.69. The van der Waals surface area contributed by atoms with Crippen LogP contribution in [0.2, 0.25) is 5.15 Å². The summed E-state index contributed by atoms with van der Waals surface area (Å²) in [5.41, 5.74) is 1.78. The van der Waals surface area contributed by atoms with Crippen molar-refractivity contribution in [1.29, 1.82) is 0 Å². The van der Waals surface area contributed by atoms with Crippen LogP contribution in [0.5, 0.6) is 0 Å². The highest BCUT2D eigenvalue weighted by atomic mass is 35.5. The molecule has 2 aromatic rings. The number of nitrogens with zero attached hydrogens (tertiary/aromatic N) is 1. The molecule has 1 aromatic carbocycles. The molecule has 0 bridgehead atoms. The van der Waals surface area contributed by atoms with Crippen molar-refractivity contribution in [3.8, 4) is 0 Å². The average Bonchev–Trinajstić information content (AvgIpc) is 2.38. The van der Waals surface area contributed by atoms with Gasteiger partial charge in [-0.2, -0.15) is 0 Å². The molecule has 0 spiro atoms. The molecule has 0 aliphatic heterocycles. The molecule has 20 heavy (non-hydrogen) atoms. The minimum Gasteiger partial charge on any atom is -0.378 e. The Morgan fingerprint density at radius 3 is 2.45 bits per heavy atom. The van der Waals surface area contributed by atoms with Crippen molar-refractivity contribution >= 4 is 27.3 Å². The van der Waals surface area contributed by atoms with Crippen LogP contribution in [0.3, 0.4) is 0 Å². The highest BCUT2D eigenvalue weighted by Gasteiger charge is 2.10. The topological polar surface area (TPSA) is 85.1 Å². The van der Waals surface area contributed by atoms with Crippen LogP contribution in [0.15, 0.2) is 47.5 Å². The molecule has 0 aliphatic rings. The summed E-state index contributed by atoms with van der Waals surface area (Å²) in [5, 5.41) is 8.72. The summed E-state index contributed by atoms with van der Waals surface area (Å²) in [5.74, 6) is 0. The molecule has 0 aliphatic carbocycles. The second-order valence-corrected chi connectivity index (χ2v) is 6.30. The summed E-state index contributed by atoms with van der Waals surface area (Å²) >= 11 is 5.81. The maximum absolute atomic E-state index is 11.2. The number of nitrogens with one attached hydrogen (secondary N) is 1. The summed E-state index contributed by atoms with van der Waals surface area (Å²) in [4.78, 5) is 4.00. The normalized spacial score (nSPS) is 12.9. The Hall–Kier alpha value is -1.63. The molecule has 1 atom stereocenters. The fourth-order valence-corrected chi connectivity index (χ4v) is 2.46. The first-order chi connectivity index (χ1) is 9.36. The molecule has 1 heterocycles. The zero-order valence-electron chi connectivity index (χ0n) is 10.7. The van der Waals surface area contributed by atoms with E-state index >= 15 is 0 Å². The molecular formula is C13H14ClN3O2S. The first-order valence-corrected chi connectivity index (χ1v) is 7.79. The number of benzene rings is 1. The lowest BCUT2D eigenvalue weighted by molar-refractivity contribution is 0.597. The van der Waals surface area contributed by atoms with E-state index in [2.05, 4.69) is 10.3 Å². The standard InChI is InChI=1S/C13H14ClN3O2S/c1-9(17-11-6-7-16-13(14)8-11)10-2-4-12(5-3-10)20(15,18)19/h2-9H,1H3,(H,16,17)(H2,15,18,19). The monoisotopic (exact) mass is 311 g/mol. The third-order valence-corrected chi connectivity index (χ3v) is 3.95. The zero-order valence-corrected chi connectivity index (χ0v) is 12.3. The van der Waals surface area contributed by atoms with Crippen molar-refractivity contribution in [3.63, 3.8) is 0 Å². The Morgan fingerprint density at radius 1 is 1.25 bits per heavy atom. The van der Waals surface area contributed by atoms with E-state index in [-0.39, 0.29) is 10.9 Å². The number of hydrogen-bond acceptors (Lipinski definition) is 4. The van der Waals surface area contributed by atoms with Crippen molar-refractivity contribution in [2.45, 2.75) is 17.9 Å². The maximum Gasteiger partial charge on any atom is 0.238 e. The number of rotatable bonds is 4. The Morgan fingerprint density at radius 2 is 1.90 bits per heavy atom. The summed E-state index contributed by atoms with van der Waals surface area (Å²) in [7, 11) is -3.66. The van der Waals surface area contributed by atoms with Crippen molar-refractivity contribution < 1.29 is 8.42 Å². The fraction of sp³-hybridized carbons (Fsp3) is 0.154. The van der Waals surface area contributed by atoms with E-state index in [1.807, 2.05) is 6.92 Å². The summed E-state index contributed by atoms with van der Waals surface area (Å²) in [6, 6.07) is 9.94. The molecule has 0 radical (unpaired) electrons. The molecule has 1 unspecified atom stereocenters. The van der Waals surface area contributed by atoms with Gasteiger partial charge >= 0.3 is 0 Å². The van der Waals surface area contributed by atoms with Crippen LogP contribution in [0, 0.1) is 0 Å². The van der Waals surface area contributed by atoms with Crippen molar-refractivity contribution in [2.24, 2.45) is 5.14 Å². The van der Waals surface area contributed by atoms with Gasteiger partial charge in [0.25, 0.3) is 0 Å². The predicted octanol–water partition coefficient (Wildman–Crippen LogP) is 2.56. The Labute approximate surface area is 122 Å². The van der Waals surface area contributed by atoms with Gasteiger partial charge in [-0.05, 0) is 36.8 Å². The van der Waals surface area contributed by atoms with E-state index < -0.39 is 10.0 Å². The quantitative estimate of drug-likeness (QED) is 0.850. The molecule has 7 heteroatoms. The second kappa shape index (κ2) is 5.78. The van der Waals surface area contributed by atoms with Gasteiger partial charge in [0.05, 0.1) is 4.90 Å². The van der Waals surface area contributed by atoms with E-state index in [1.165, 1.54) is 12.1 Å². The molecule has 0 saturated heterocycles. The van der Waals surface area contributed by atoms with Crippen LogP contribution in [0.25, 0.3) is 0 Å². The van der Waals surface area contributed by atoms with Crippen LogP contribution in [0.4, 0.5) is 5.69 Å². The van der Waals surface area contributed by atoms with Gasteiger partial charge in [-0.1, -0.05) is 23.7 Å². The maximum atomic E-state index is 11.2. The molecule has 1 aromatic heterocycles. The molecule has 106 valence electrons. The van der Waals surface area contributed by atoms with E-state index in [0.717, 1.165) is 11.3 Å². The number of halogens is 1. The lowest BCUT2D eigenvalue weighted by Gasteiger charge is -2.16. The number of nitrogens with two attached hydrogens (primary N) is 1. The first-order valence-electron chi connectivity index (χ1n) is 5.87. The summed E-state index contributed by atoms with van der Waals surface area (Å²) < 4.78 is 22.4. The lowest BCUT2D eigenvalue weighted by atomic mass is 10.1. The highest BCUT2D eigenvalue weighted by Crippen LogP contribution is 2.21. The minimum absolute atomic E-state index is 0.0111. The van der Waals surface area contributed by atoms with E-state index in [1.54, 1.807) is 30.5 Å². The number of sulfonamides is 1. The van der Waals surface area contributed by atoms with Crippen LogP contribution in [-0.2, 0) is 10.0 Å². The van der Waals surface area contributed by atoms with Crippen LogP contribution in [0.1, 0.15) is 18.5 Å². The number of anilines is 1. The predicted molar refractivity (Wildman–Crippen MR) is 79.1 cm³/mol. The smallest absolute Gasteiger partial charge is 0.238 e. The molecule has 3 N–H and O–H groups in total. The van der Waals surface area contributed by atoms with Crippen molar-refractivity contribution in [2.75, 3.05) is 5.32 Å². The number of primary sulfonamides is 1. The van der Waals surface area contributed by atoms with Gasteiger partial charge < -0.3 is 5.32 Å². The van der Waals surface area contributed by atoms with Gasteiger partial charge in [-0.25, -0.2) is 18.5 Å². The first kappa shape index (κ1) is 14.8.